The largest absolute Gasteiger partial charge is 0.480 e. The molecule has 0 aromatic heterocycles. The summed E-state index contributed by atoms with van der Waals surface area (Å²) in [5.41, 5.74) is 0. The predicted molar refractivity (Wildman–Crippen MR) is 69.0 cm³/mol. The summed E-state index contributed by atoms with van der Waals surface area (Å²) in [4.78, 5) is 13.1. The third-order valence-electron chi connectivity index (χ3n) is 2.88. The monoisotopic (exact) mass is 243 g/mol. The summed E-state index contributed by atoms with van der Waals surface area (Å²) >= 11 is 1.75. The maximum atomic E-state index is 11.0. The number of aliphatic carboxylic acids is 1. The van der Waals surface area contributed by atoms with Crippen molar-refractivity contribution in [2.45, 2.75) is 31.7 Å². The van der Waals surface area contributed by atoms with Crippen LogP contribution in [0.2, 0.25) is 0 Å². The average Bonchev–Trinajstić information content (AvgIpc) is 2.29. The molecule has 3 nitrogen and oxygen atoms in total. The fraction of sp³-hybridized carbons (Fsp3) is 0.750. The number of thioether (sulfide) groups is 1. The van der Waals surface area contributed by atoms with Crippen LogP contribution in [-0.2, 0) is 4.79 Å². The Morgan fingerprint density at radius 1 is 1.50 bits per heavy atom. The Morgan fingerprint density at radius 3 is 3.00 bits per heavy atom. The Labute approximate surface area is 102 Å². The summed E-state index contributed by atoms with van der Waals surface area (Å²) in [6.07, 6.45) is 6.45. The van der Waals surface area contributed by atoms with E-state index in [2.05, 4.69) is 11.5 Å². The van der Waals surface area contributed by atoms with E-state index < -0.39 is 5.97 Å². The van der Waals surface area contributed by atoms with Gasteiger partial charge in [-0.1, -0.05) is 12.5 Å². The van der Waals surface area contributed by atoms with E-state index >= 15 is 0 Å². The number of hydrogen-bond acceptors (Lipinski definition) is 3. The van der Waals surface area contributed by atoms with Crippen LogP contribution < -0.4 is 0 Å². The molecule has 1 aliphatic heterocycles. The van der Waals surface area contributed by atoms with Gasteiger partial charge in [-0.25, -0.2) is 0 Å². The highest BCUT2D eigenvalue weighted by Gasteiger charge is 2.27. The van der Waals surface area contributed by atoms with Crippen molar-refractivity contribution in [3.05, 3.63) is 12.7 Å². The molecule has 92 valence electrons. The minimum atomic E-state index is -0.668. The lowest BCUT2D eigenvalue weighted by atomic mass is 10.1. The van der Waals surface area contributed by atoms with E-state index in [4.69, 9.17) is 5.11 Å². The topological polar surface area (TPSA) is 40.5 Å². The number of unbranched alkanes of at least 4 members (excludes halogenated alkanes) is 3. The second-order valence-electron chi connectivity index (χ2n) is 4.10. The van der Waals surface area contributed by atoms with Crippen molar-refractivity contribution in [3.63, 3.8) is 0 Å². The van der Waals surface area contributed by atoms with Gasteiger partial charge in [-0.3, -0.25) is 9.69 Å². The first-order valence-corrected chi connectivity index (χ1v) is 7.06. The van der Waals surface area contributed by atoms with Crippen molar-refractivity contribution in [2.75, 3.05) is 24.6 Å². The van der Waals surface area contributed by atoms with Gasteiger partial charge in [0.1, 0.15) is 6.04 Å². The number of carbonyl (C=O) groups is 1. The Balaban J connectivity index is 2.22. The molecule has 0 spiro atoms. The molecule has 0 bridgehead atoms. The minimum Gasteiger partial charge on any atom is -0.480 e. The van der Waals surface area contributed by atoms with Crippen LogP contribution in [0.1, 0.15) is 25.7 Å². The van der Waals surface area contributed by atoms with Crippen molar-refractivity contribution in [1.82, 2.24) is 4.90 Å². The van der Waals surface area contributed by atoms with E-state index in [1.165, 1.54) is 12.8 Å². The van der Waals surface area contributed by atoms with Crippen molar-refractivity contribution < 1.29 is 9.90 Å². The van der Waals surface area contributed by atoms with E-state index in [9.17, 15) is 4.79 Å². The molecule has 0 aromatic rings. The Bertz CT molecular complexity index is 233. The third kappa shape index (κ3) is 4.58. The van der Waals surface area contributed by atoms with Gasteiger partial charge in [-0.05, 0) is 25.8 Å². The molecule has 0 amide bonds. The molecule has 16 heavy (non-hydrogen) atoms. The number of carboxylic acids is 1. The second kappa shape index (κ2) is 7.74. The van der Waals surface area contributed by atoms with Crippen LogP contribution in [0.4, 0.5) is 0 Å². The number of allylic oxidation sites excluding steroid dienone is 1. The molecule has 1 saturated heterocycles. The number of nitrogens with zero attached hydrogens (tertiary/aromatic N) is 1. The number of rotatable bonds is 7. The highest BCUT2D eigenvalue weighted by molar-refractivity contribution is 7.99. The standard InChI is InChI=1S/C12H21NO2S/c1-2-3-4-5-6-7-13-8-9-16-10-11(13)12(14)15/h2,11H,1,3-10H2,(H,14,15). The normalized spacial score (nSPS) is 21.9. The van der Waals surface area contributed by atoms with Crippen LogP contribution in [0.5, 0.6) is 0 Å². The number of carboxylic acid groups (broad SMARTS) is 1. The van der Waals surface area contributed by atoms with Crippen molar-refractivity contribution in [2.24, 2.45) is 0 Å². The van der Waals surface area contributed by atoms with Gasteiger partial charge in [-0.15, -0.1) is 6.58 Å². The van der Waals surface area contributed by atoms with Crippen LogP contribution in [0.15, 0.2) is 12.7 Å². The van der Waals surface area contributed by atoms with Gasteiger partial charge < -0.3 is 5.11 Å². The lowest BCUT2D eigenvalue weighted by molar-refractivity contribution is -0.142. The fourth-order valence-electron chi connectivity index (χ4n) is 1.91. The molecule has 1 fully saturated rings. The maximum absolute atomic E-state index is 11.0. The molecule has 1 atom stereocenters. The molecule has 4 heteroatoms. The van der Waals surface area contributed by atoms with E-state index in [0.717, 1.165) is 37.4 Å². The Kier molecular flexibility index (Phi) is 6.57. The lowest BCUT2D eigenvalue weighted by Crippen LogP contribution is -2.47. The zero-order valence-corrected chi connectivity index (χ0v) is 10.5. The van der Waals surface area contributed by atoms with Crippen LogP contribution in [0.25, 0.3) is 0 Å². The molecular weight excluding hydrogens is 222 g/mol. The summed E-state index contributed by atoms with van der Waals surface area (Å²) in [6.45, 7) is 5.54. The first-order valence-electron chi connectivity index (χ1n) is 5.91. The molecular formula is C12H21NO2S. The van der Waals surface area contributed by atoms with Crippen LogP contribution in [0, 0.1) is 0 Å². The van der Waals surface area contributed by atoms with E-state index in [1.54, 1.807) is 11.8 Å². The van der Waals surface area contributed by atoms with Crippen LogP contribution >= 0.6 is 11.8 Å². The second-order valence-corrected chi connectivity index (χ2v) is 5.25. The van der Waals surface area contributed by atoms with Gasteiger partial charge in [0, 0.05) is 18.1 Å². The zero-order valence-electron chi connectivity index (χ0n) is 9.73. The lowest BCUT2D eigenvalue weighted by Gasteiger charge is -2.32. The van der Waals surface area contributed by atoms with Crippen LogP contribution in [0.3, 0.4) is 0 Å². The van der Waals surface area contributed by atoms with Gasteiger partial charge in [0.05, 0.1) is 0 Å². The molecule has 0 aliphatic carbocycles. The first kappa shape index (κ1) is 13.6. The predicted octanol–water partition coefficient (Wildman–Crippen LogP) is 2.23. The summed E-state index contributed by atoms with van der Waals surface area (Å²) in [7, 11) is 0. The summed E-state index contributed by atoms with van der Waals surface area (Å²) in [5, 5.41) is 9.08. The van der Waals surface area contributed by atoms with Crippen molar-refractivity contribution in [3.8, 4) is 0 Å². The maximum Gasteiger partial charge on any atom is 0.321 e. The molecule has 0 aromatic carbocycles. The SMILES string of the molecule is C=CCCCCCN1CCSCC1C(=O)O. The van der Waals surface area contributed by atoms with Gasteiger partial charge >= 0.3 is 5.97 Å². The van der Waals surface area contributed by atoms with Gasteiger partial charge in [0.2, 0.25) is 0 Å². The average molecular weight is 243 g/mol. The fourth-order valence-corrected chi connectivity index (χ4v) is 3.02. The molecule has 1 unspecified atom stereocenters. The minimum absolute atomic E-state index is 0.266. The smallest absolute Gasteiger partial charge is 0.321 e. The summed E-state index contributed by atoms with van der Waals surface area (Å²) in [5.74, 6) is 1.14. The molecule has 1 heterocycles. The zero-order chi connectivity index (χ0) is 11.8. The van der Waals surface area contributed by atoms with Gasteiger partial charge in [0.25, 0.3) is 0 Å². The van der Waals surface area contributed by atoms with E-state index in [0.29, 0.717) is 0 Å². The summed E-state index contributed by atoms with van der Waals surface area (Å²) in [6, 6.07) is -0.266. The van der Waals surface area contributed by atoms with E-state index in [-0.39, 0.29) is 6.04 Å². The Morgan fingerprint density at radius 2 is 2.31 bits per heavy atom. The van der Waals surface area contributed by atoms with Crippen molar-refractivity contribution >= 4 is 17.7 Å². The molecule has 1 aliphatic rings. The summed E-state index contributed by atoms with van der Waals surface area (Å²) < 4.78 is 0. The van der Waals surface area contributed by atoms with Gasteiger partial charge in [-0.2, -0.15) is 11.8 Å². The first-order chi connectivity index (χ1) is 7.75. The van der Waals surface area contributed by atoms with Gasteiger partial charge in [0.15, 0.2) is 0 Å². The van der Waals surface area contributed by atoms with Crippen molar-refractivity contribution in [1.29, 1.82) is 0 Å². The highest BCUT2D eigenvalue weighted by atomic mass is 32.2. The molecule has 1 rings (SSSR count). The van der Waals surface area contributed by atoms with Crippen LogP contribution in [-0.4, -0.2) is 46.6 Å². The van der Waals surface area contributed by atoms with E-state index in [1.807, 2.05) is 6.08 Å². The highest BCUT2D eigenvalue weighted by Crippen LogP contribution is 2.17. The molecule has 1 N–H and O–H groups in total. The quantitative estimate of drug-likeness (QED) is 0.550. The third-order valence-corrected chi connectivity index (χ3v) is 3.90. The Hall–Kier alpha value is -0.480. The molecule has 0 radical (unpaired) electrons. The molecule has 0 saturated carbocycles. The number of hydrogen-bond donors (Lipinski definition) is 1.